The smallest absolute Gasteiger partial charge is 0.303 e. The van der Waals surface area contributed by atoms with Crippen LogP contribution in [0.3, 0.4) is 0 Å². The number of carboxylic acids is 1. The molecule has 1 heterocycles. The third-order valence-corrected chi connectivity index (χ3v) is 3.95. The molecule has 1 amide bonds. The first-order valence-corrected chi connectivity index (χ1v) is 7.92. The van der Waals surface area contributed by atoms with Gasteiger partial charge in [-0.15, -0.1) is 5.10 Å². The average Bonchev–Trinajstić information content (AvgIpc) is 2.87. The van der Waals surface area contributed by atoms with Crippen LogP contribution in [0.2, 0.25) is 10.0 Å². The second-order valence-corrected chi connectivity index (χ2v) is 6.00. The van der Waals surface area contributed by atoms with Gasteiger partial charge in [0.15, 0.2) is 0 Å². The lowest BCUT2D eigenvalue weighted by Crippen LogP contribution is -2.29. The summed E-state index contributed by atoms with van der Waals surface area (Å²) in [4.78, 5) is 28.4. The molecular formula is C15H16Cl2N4O3. The van der Waals surface area contributed by atoms with Crippen molar-refractivity contribution in [1.29, 1.82) is 0 Å². The van der Waals surface area contributed by atoms with Crippen LogP contribution in [0.25, 0.3) is 5.69 Å². The second-order valence-electron chi connectivity index (χ2n) is 5.19. The lowest BCUT2D eigenvalue weighted by atomic mass is 10.3. The Morgan fingerprint density at radius 3 is 2.50 bits per heavy atom. The van der Waals surface area contributed by atoms with Crippen LogP contribution in [0.4, 0.5) is 0 Å². The summed E-state index contributed by atoms with van der Waals surface area (Å²) in [5.41, 5.74) is 0.457. The van der Waals surface area contributed by atoms with Gasteiger partial charge in [0.2, 0.25) is 5.82 Å². The Bertz CT molecular complexity index is 756. The molecule has 24 heavy (non-hydrogen) atoms. The van der Waals surface area contributed by atoms with Gasteiger partial charge < -0.3 is 10.0 Å². The quantitative estimate of drug-likeness (QED) is 0.844. The molecule has 1 N–H and O–H groups in total. The minimum atomic E-state index is -0.901. The molecular weight excluding hydrogens is 355 g/mol. The van der Waals surface area contributed by atoms with E-state index in [2.05, 4.69) is 10.1 Å². The number of nitrogens with zero attached hydrogens (tertiary/aromatic N) is 4. The Kier molecular flexibility index (Phi) is 5.80. The zero-order valence-electron chi connectivity index (χ0n) is 13.2. The number of carbonyl (C=O) groups excluding carboxylic acids is 1. The van der Waals surface area contributed by atoms with Crippen LogP contribution in [-0.2, 0) is 4.79 Å². The van der Waals surface area contributed by atoms with E-state index in [1.54, 1.807) is 32.2 Å². The van der Waals surface area contributed by atoms with Crippen molar-refractivity contribution in [1.82, 2.24) is 19.7 Å². The number of aromatic nitrogens is 3. The van der Waals surface area contributed by atoms with E-state index in [0.717, 1.165) is 0 Å². The summed E-state index contributed by atoms with van der Waals surface area (Å²) in [7, 11) is 1.57. The highest BCUT2D eigenvalue weighted by Gasteiger charge is 2.21. The van der Waals surface area contributed by atoms with Crippen LogP contribution < -0.4 is 0 Å². The second kappa shape index (κ2) is 7.63. The molecule has 128 valence electrons. The number of halogens is 2. The van der Waals surface area contributed by atoms with E-state index in [9.17, 15) is 9.59 Å². The Hall–Kier alpha value is -2.12. The number of aliphatic carboxylic acids is 1. The maximum Gasteiger partial charge on any atom is 0.303 e. The standard InChI is InChI=1S/C15H16Cl2N4O3/c1-9-18-14(15(24)20(2)8-4-7-12(22)23)19-21(9)13-10(16)5-3-6-11(13)17/h3,5-6H,4,7-8H2,1-2H3,(H,22,23). The number of para-hydroxylation sites is 1. The monoisotopic (exact) mass is 370 g/mol. The largest absolute Gasteiger partial charge is 0.481 e. The number of carboxylic acid groups (broad SMARTS) is 1. The van der Waals surface area contributed by atoms with E-state index in [1.807, 2.05) is 0 Å². The lowest BCUT2D eigenvalue weighted by molar-refractivity contribution is -0.137. The summed E-state index contributed by atoms with van der Waals surface area (Å²) in [6.45, 7) is 1.99. The number of amides is 1. The van der Waals surface area contributed by atoms with Gasteiger partial charge in [-0.05, 0) is 25.5 Å². The Balaban J connectivity index is 2.22. The molecule has 0 unspecified atom stereocenters. The molecule has 2 aromatic rings. The van der Waals surface area contributed by atoms with Gasteiger partial charge in [-0.25, -0.2) is 9.67 Å². The predicted molar refractivity (Wildman–Crippen MR) is 89.9 cm³/mol. The molecule has 0 radical (unpaired) electrons. The first kappa shape index (κ1) is 18.2. The highest BCUT2D eigenvalue weighted by molar-refractivity contribution is 6.37. The molecule has 0 aliphatic heterocycles. The molecule has 0 saturated heterocycles. The maximum atomic E-state index is 12.4. The minimum absolute atomic E-state index is 0.00121. The minimum Gasteiger partial charge on any atom is -0.481 e. The van der Waals surface area contributed by atoms with E-state index < -0.39 is 11.9 Å². The summed E-state index contributed by atoms with van der Waals surface area (Å²) >= 11 is 12.3. The topological polar surface area (TPSA) is 88.3 Å². The molecule has 0 aliphatic rings. The van der Waals surface area contributed by atoms with Gasteiger partial charge in [0, 0.05) is 20.0 Å². The first-order valence-electron chi connectivity index (χ1n) is 7.16. The molecule has 0 fully saturated rings. The van der Waals surface area contributed by atoms with Crippen LogP contribution in [0.5, 0.6) is 0 Å². The van der Waals surface area contributed by atoms with Gasteiger partial charge in [-0.3, -0.25) is 9.59 Å². The fraction of sp³-hybridized carbons (Fsp3) is 0.333. The predicted octanol–water partition coefficient (Wildman–Crippen LogP) is 2.82. The van der Waals surface area contributed by atoms with Gasteiger partial charge in [-0.2, -0.15) is 0 Å². The van der Waals surface area contributed by atoms with Crippen LogP contribution in [0.1, 0.15) is 29.3 Å². The van der Waals surface area contributed by atoms with Crippen LogP contribution >= 0.6 is 23.2 Å². The normalized spacial score (nSPS) is 10.7. The summed E-state index contributed by atoms with van der Waals surface area (Å²) in [5, 5.41) is 13.6. The van der Waals surface area contributed by atoms with Crippen molar-refractivity contribution >= 4 is 35.1 Å². The SMILES string of the molecule is Cc1nc(C(=O)N(C)CCCC(=O)O)nn1-c1c(Cl)cccc1Cl. The van der Waals surface area contributed by atoms with Crippen molar-refractivity contribution in [3.8, 4) is 5.69 Å². The highest BCUT2D eigenvalue weighted by Crippen LogP contribution is 2.28. The first-order chi connectivity index (χ1) is 11.3. The van der Waals surface area contributed by atoms with E-state index in [-0.39, 0.29) is 12.2 Å². The lowest BCUT2D eigenvalue weighted by Gasteiger charge is -2.14. The molecule has 0 bridgehead atoms. The number of rotatable bonds is 6. The third kappa shape index (κ3) is 4.04. The van der Waals surface area contributed by atoms with Gasteiger partial charge in [0.05, 0.1) is 10.0 Å². The van der Waals surface area contributed by atoms with Crippen molar-refractivity contribution in [3.05, 3.63) is 39.9 Å². The van der Waals surface area contributed by atoms with Gasteiger partial charge in [-0.1, -0.05) is 29.3 Å². The number of benzene rings is 1. The maximum absolute atomic E-state index is 12.4. The molecule has 0 spiro atoms. The van der Waals surface area contributed by atoms with Gasteiger partial charge in [0.1, 0.15) is 11.5 Å². The van der Waals surface area contributed by atoms with Crippen molar-refractivity contribution in [3.63, 3.8) is 0 Å². The van der Waals surface area contributed by atoms with Crippen molar-refractivity contribution < 1.29 is 14.7 Å². The van der Waals surface area contributed by atoms with E-state index >= 15 is 0 Å². The van der Waals surface area contributed by atoms with Gasteiger partial charge in [0.25, 0.3) is 5.91 Å². The average molecular weight is 371 g/mol. The van der Waals surface area contributed by atoms with E-state index in [4.69, 9.17) is 28.3 Å². The van der Waals surface area contributed by atoms with Crippen LogP contribution in [-0.4, -0.2) is 50.2 Å². The van der Waals surface area contributed by atoms with Crippen molar-refractivity contribution in [2.24, 2.45) is 0 Å². The fourth-order valence-electron chi connectivity index (χ4n) is 2.12. The summed E-state index contributed by atoms with van der Waals surface area (Å²) in [6.07, 6.45) is 0.349. The number of hydrogen-bond donors (Lipinski definition) is 1. The summed E-state index contributed by atoms with van der Waals surface area (Å²) in [5.74, 6) is -0.832. The Morgan fingerprint density at radius 1 is 1.29 bits per heavy atom. The third-order valence-electron chi connectivity index (χ3n) is 3.34. The molecule has 0 aliphatic carbocycles. The molecule has 2 rings (SSSR count). The van der Waals surface area contributed by atoms with Gasteiger partial charge >= 0.3 is 5.97 Å². The zero-order chi connectivity index (χ0) is 17.9. The molecule has 0 atom stereocenters. The van der Waals surface area contributed by atoms with Crippen molar-refractivity contribution in [2.45, 2.75) is 19.8 Å². The molecule has 0 saturated carbocycles. The van der Waals surface area contributed by atoms with Crippen LogP contribution in [0, 0.1) is 6.92 Å². The van der Waals surface area contributed by atoms with E-state index in [1.165, 1.54) is 9.58 Å². The molecule has 1 aromatic carbocycles. The number of aryl methyl sites for hydroxylation is 1. The summed E-state index contributed by atoms with van der Waals surface area (Å²) in [6, 6.07) is 5.05. The van der Waals surface area contributed by atoms with Crippen LogP contribution in [0.15, 0.2) is 18.2 Å². The zero-order valence-corrected chi connectivity index (χ0v) is 14.7. The number of hydrogen-bond acceptors (Lipinski definition) is 4. The molecule has 7 nitrogen and oxygen atoms in total. The molecule has 1 aromatic heterocycles. The Morgan fingerprint density at radius 2 is 1.92 bits per heavy atom. The number of carbonyl (C=O) groups is 2. The highest BCUT2D eigenvalue weighted by atomic mass is 35.5. The fourth-order valence-corrected chi connectivity index (χ4v) is 2.68. The van der Waals surface area contributed by atoms with Crippen molar-refractivity contribution in [2.75, 3.05) is 13.6 Å². The van der Waals surface area contributed by atoms with E-state index in [0.29, 0.717) is 34.5 Å². The molecule has 9 heteroatoms. The Labute approximate surface area is 148 Å². The summed E-state index contributed by atoms with van der Waals surface area (Å²) < 4.78 is 1.42.